The molecule has 244 valence electrons. The second-order valence-electron chi connectivity index (χ2n) is 14.6. The third-order valence-electron chi connectivity index (χ3n) is 12.2. The van der Waals surface area contributed by atoms with Crippen LogP contribution in [0.15, 0.2) is 194 Å². The van der Waals surface area contributed by atoms with Gasteiger partial charge in [0.05, 0.1) is 5.41 Å². The second kappa shape index (κ2) is 10.6. The molecule has 0 aliphatic heterocycles. The summed E-state index contributed by atoms with van der Waals surface area (Å²) in [6, 6.07) is 72.8. The van der Waals surface area contributed by atoms with Crippen molar-refractivity contribution in [2.24, 2.45) is 0 Å². The van der Waals surface area contributed by atoms with Crippen LogP contribution < -0.4 is 0 Å². The molecule has 0 saturated heterocycles. The summed E-state index contributed by atoms with van der Waals surface area (Å²) in [5, 5.41) is 10.3. The summed E-state index contributed by atoms with van der Waals surface area (Å²) < 4.78 is 0. The van der Waals surface area contributed by atoms with Crippen molar-refractivity contribution in [1.82, 2.24) is 0 Å². The van der Waals surface area contributed by atoms with Crippen molar-refractivity contribution in [2.45, 2.75) is 5.41 Å². The zero-order chi connectivity index (χ0) is 34.7. The third kappa shape index (κ3) is 3.65. The SMILES string of the molecule is c1ccc(-c2c3ccccc3c(-c3cc4c(c5ccccc35)-c3ccc5ccccc5c3C43c4ccccc4-c4ccccc43)c3ccccc23)cc1. The van der Waals surface area contributed by atoms with Crippen LogP contribution in [0.5, 0.6) is 0 Å². The van der Waals surface area contributed by atoms with E-state index in [9.17, 15) is 0 Å². The molecule has 53 heavy (non-hydrogen) atoms. The molecule has 10 aromatic rings. The molecule has 0 fully saturated rings. The van der Waals surface area contributed by atoms with Gasteiger partial charge in [-0.15, -0.1) is 0 Å². The van der Waals surface area contributed by atoms with Gasteiger partial charge >= 0.3 is 0 Å². The van der Waals surface area contributed by atoms with Crippen molar-refractivity contribution in [3.8, 4) is 44.5 Å². The fraction of sp³-hybridized carbons (Fsp3) is 0.0189. The third-order valence-corrected chi connectivity index (χ3v) is 12.2. The van der Waals surface area contributed by atoms with E-state index in [1.807, 2.05) is 0 Å². The summed E-state index contributed by atoms with van der Waals surface area (Å²) in [6.07, 6.45) is 0. The molecule has 0 unspecified atom stereocenters. The number of benzene rings is 10. The van der Waals surface area contributed by atoms with Gasteiger partial charge in [-0.3, -0.25) is 0 Å². The van der Waals surface area contributed by atoms with E-state index >= 15 is 0 Å². The second-order valence-corrected chi connectivity index (χ2v) is 14.6. The van der Waals surface area contributed by atoms with Crippen molar-refractivity contribution in [3.05, 3.63) is 216 Å². The van der Waals surface area contributed by atoms with E-state index in [4.69, 9.17) is 0 Å². The van der Waals surface area contributed by atoms with E-state index in [2.05, 4.69) is 194 Å². The molecule has 0 atom stereocenters. The molecule has 0 amide bonds. The molecule has 10 aromatic carbocycles. The van der Waals surface area contributed by atoms with Crippen LogP contribution in [-0.2, 0) is 5.41 Å². The minimum Gasteiger partial charge on any atom is -0.0622 e. The summed E-state index contributed by atoms with van der Waals surface area (Å²) in [7, 11) is 0. The Hall–Kier alpha value is -6.76. The van der Waals surface area contributed by atoms with E-state index in [-0.39, 0.29) is 0 Å². The standard InChI is InChI=1S/C53H32/c1-2-17-34(18-3-1)49-40-24-8-10-26-42(40)50(43-27-11-9-25-41(43)49)45-32-48-51(39-23-7-6-20-36(39)45)44-31-30-33-16-4-5-19-35(33)52(44)53(48)46-28-14-12-21-37(46)38-22-13-15-29-47(38)53/h1-32H. The van der Waals surface area contributed by atoms with E-state index in [0.717, 1.165) is 0 Å². The molecule has 0 heterocycles. The van der Waals surface area contributed by atoms with E-state index in [1.54, 1.807) is 0 Å². The van der Waals surface area contributed by atoms with Gasteiger partial charge in [-0.2, -0.15) is 0 Å². The molecular formula is C53H32. The first-order chi connectivity index (χ1) is 26.3. The maximum atomic E-state index is 2.60. The maximum Gasteiger partial charge on any atom is 0.0731 e. The normalized spacial score (nSPS) is 13.4. The minimum atomic E-state index is -0.479. The van der Waals surface area contributed by atoms with Crippen LogP contribution in [0.4, 0.5) is 0 Å². The van der Waals surface area contributed by atoms with Crippen molar-refractivity contribution in [3.63, 3.8) is 0 Å². The van der Waals surface area contributed by atoms with Crippen LogP contribution in [0, 0.1) is 0 Å². The summed E-state index contributed by atoms with van der Waals surface area (Å²) >= 11 is 0. The Morgan fingerprint density at radius 1 is 0.264 bits per heavy atom. The fourth-order valence-corrected chi connectivity index (χ4v) is 10.3. The minimum absolute atomic E-state index is 0.479. The first-order valence-electron chi connectivity index (χ1n) is 18.6. The Balaban J connectivity index is 1.31. The van der Waals surface area contributed by atoms with Crippen LogP contribution in [0.1, 0.15) is 22.3 Å². The highest BCUT2D eigenvalue weighted by Gasteiger charge is 2.53. The van der Waals surface area contributed by atoms with Crippen molar-refractivity contribution < 1.29 is 0 Å². The summed E-state index contributed by atoms with van der Waals surface area (Å²) in [6.45, 7) is 0. The van der Waals surface area contributed by atoms with Gasteiger partial charge in [0.15, 0.2) is 0 Å². The lowest BCUT2D eigenvalue weighted by atomic mass is 9.68. The Bertz CT molecular complexity index is 3060. The molecule has 0 heteroatoms. The Labute approximate surface area is 308 Å². The van der Waals surface area contributed by atoms with Gasteiger partial charge in [0, 0.05) is 0 Å². The molecular weight excluding hydrogens is 637 g/mol. The maximum absolute atomic E-state index is 2.60. The van der Waals surface area contributed by atoms with Gasteiger partial charge in [-0.1, -0.05) is 188 Å². The Kier molecular flexibility index (Phi) is 5.80. The Morgan fingerprint density at radius 2 is 0.736 bits per heavy atom. The number of hydrogen-bond donors (Lipinski definition) is 0. The topological polar surface area (TPSA) is 0 Å². The molecule has 0 N–H and O–H groups in total. The molecule has 0 aromatic heterocycles. The number of fused-ring (bicyclic) bond motifs is 16. The van der Waals surface area contributed by atoms with E-state index in [0.29, 0.717) is 0 Å². The van der Waals surface area contributed by atoms with Gasteiger partial charge in [0.25, 0.3) is 0 Å². The van der Waals surface area contributed by atoms with Crippen molar-refractivity contribution >= 4 is 43.1 Å². The summed E-state index contributed by atoms with van der Waals surface area (Å²) in [5.41, 5.74) is 15.5. The predicted octanol–water partition coefficient (Wildman–Crippen LogP) is 14.0. The highest BCUT2D eigenvalue weighted by Crippen LogP contribution is 2.66. The lowest BCUT2D eigenvalue weighted by Gasteiger charge is -2.32. The molecule has 2 aliphatic carbocycles. The summed E-state index contributed by atoms with van der Waals surface area (Å²) in [4.78, 5) is 0. The van der Waals surface area contributed by atoms with Crippen LogP contribution >= 0.6 is 0 Å². The van der Waals surface area contributed by atoms with Crippen LogP contribution in [0.2, 0.25) is 0 Å². The highest BCUT2D eigenvalue weighted by molar-refractivity contribution is 6.25. The molecule has 0 radical (unpaired) electrons. The summed E-state index contributed by atoms with van der Waals surface area (Å²) in [5.74, 6) is 0. The highest BCUT2D eigenvalue weighted by atomic mass is 14.5. The van der Waals surface area contributed by atoms with Crippen LogP contribution in [-0.4, -0.2) is 0 Å². The van der Waals surface area contributed by atoms with Crippen molar-refractivity contribution in [2.75, 3.05) is 0 Å². The Morgan fingerprint density at radius 3 is 1.36 bits per heavy atom. The first-order valence-corrected chi connectivity index (χ1v) is 18.6. The quantitative estimate of drug-likeness (QED) is 0.161. The lowest BCUT2D eigenvalue weighted by Crippen LogP contribution is -2.26. The molecule has 12 rings (SSSR count). The van der Waals surface area contributed by atoms with Crippen LogP contribution in [0.25, 0.3) is 87.6 Å². The van der Waals surface area contributed by atoms with E-state index in [1.165, 1.54) is 110 Å². The zero-order valence-corrected chi connectivity index (χ0v) is 29.0. The monoisotopic (exact) mass is 668 g/mol. The smallest absolute Gasteiger partial charge is 0.0622 e. The predicted molar refractivity (Wildman–Crippen MR) is 224 cm³/mol. The number of rotatable bonds is 2. The van der Waals surface area contributed by atoms with Gasteiger partial charge in [0.2, 0.25) is 0 Å². The van der Waals surface area contributed by atoms with Gasteiger partial charge in [-0.25, -0.2) is 0 Å². The van der Waals surface area contributed by atoms with Crippen molar-refractivity contribution in [1.29, 1.82) is 0 Å². The van der Waals surface area contributed by atoms with E-state index < -0.39 is 5.41 Å². The fourth-order valence-electron chi connectivity index (χ4n) is 10.3. The average molecular weight is 669 g/mol. The van der Waals surface area contributed by atoms with Gasteiger partial charge in [0.1, 0.15) is 0 Å². The molecule has 0 bridgehead atoms. The van der Waals surface area contributed by atoms with Gasteiger partial charge < -0.3 is 0 Å². The van der Waals surface area contributed by atoms with Crippen LogP contribution in [0.3, 0.4) is 0 Å². The zero-order valence-electron chi connectivity index (χ0n) is 29.0. The lowest BCUT2D eigenvalue weighted by molar-refractivity contribution is 0.802. The number of hydrogen-bond acceptors (Lipinski definition) is 0. The largest absolute Gasteiger partial charge is 0.0731 e. The average Bonchev–Trinajstić information content (AvgIpc) is 3.70. The first kappa shape index (κ1) is 28.9. The molecule has 1 spiro atoms. The molecule has 0 saturated carbocycles. The molecule has 0 nitrogen and oxygen atoms in total. The van der Waals surface area contributed by atoms with Gasteiger partial charge in [-0.05, 0) is 116 Å². The molecule has 2 aliphatic rings.